The molecule has 0 atom stereocenters. The molecular weight excluding hydrogens is 404 g/mol. The molecule has 1 fully saturated rings. The van der Waals surface area contributed by atoms with Crippen molar-refractivity contribution in [3.05, 3.63) is 47.7 Å². The van der Waals surface area contributed by atoms with Crippen molar-refractivity contribution >= 4 is 23.3 Å². The fourth-order valence-electron chi connectivity index (χ4n) is 3.45. The fourth-order valence-corrected chi connectivity index (χ4v) is 3.59. The molecule has 1 aliphatic heterocycles. The summed E-state index contributed by atoms with van der Waals surface area (Å²) in [6.07, 6.45) is 3.08. The molecule has 0 spiro atoms. The van der Waals surface area contributed by atoms with E-state index in [0.717, 1.165) is 35.5 Å². The van der Waals surface area contributed by atoms with E-state index in [2.05, 4.69) is 10.1 Å². The standard InChI is InChI=1S/C22H25ClN4O3/c1-22(2,3)30-21(28)26-11-9-16(10-12-26)29-17-6-4-5-15(13-17)18-14-24-20-8-7-19(23)25-27(18)20/h4-8,13-14,16H,9-12H2,1-3H3. The minimum Gasteiger partial charge on any atom is -0.490 e. The van der Waals surface area contributed by atoms with Gasteiger partial charge >= 0.3 is 6.09 Å². The van der Waals surface area contributed by atoms with Crippen molar-refractivity contribution < 1.29 is 14.3 Å². The summed E-state index contributed by atoms with van der Waals surface area (Å²) in [5.41, 5.74) is 2.04. The lowest BCUT2D eigenvalue weighted by Crippen LogP contribution is -2.44. The quantitative estimate of drug-likeness (QED) is 0.597. The molecule has 30 heavy (non-hydrogen) atoms. The molecule has 4 rings (SSSR count). The Morgan fingerprint density at radius 3 is 2.67 bits per heavy atom. The van der Waals surface area contributed by atoms with Crippen LogP contribution in [0.2, 0.25) is 5.15 Å². The predicted molar refractivity (Wildman–Crippen MR) is 115 cm³/mol. The van der Waals surface area contributed by atoms with Crippen LogP contribution in [0.5, 0.6) is 5.75 Å². The molecule has 0 saturated carbocycles. The van der Waals surface area contributed by atoms with E-state index in [4.69, 9.17) is 21.1 Å². The third-order valence-electron chi connectivity index (χ3n) is 4.86. The van der Waals surface area contributed by atoms with Crippen molar-refractivity contribution in [2.24, 2.45) is 0 Å². The number of ether oxygens (including phenoxy) is 2. The summed E-state index contributed by atoms with van der Waals surface area (Å²) >= 11 is 6.04. The van der Waals surface area contributed by atoms with Gasteiger partial charge in [0.05, 0.1) is 11.9 Å². The van der Waals surface area contributed by atoms with Crippen LogP contribution in [0.3, 0.4) is 0 Å². The van der Waals surface area contributed by atoms with E-state index >= 15 is 0 Å². The van der Waals surface area contributed by atoms with Gasteiger partial charge in [0.25, 0.3) is 0 Å². The van der Waals surface area contributed by atoms with E-state index in [-0.39, 0.29) is 12.2 Å². The molecule has 0 aliphatic carbocycles. The van der Waals surface area contributed by atoms with Gasteiger partial charge in [0.1, 0.15) is 22.6 Å². The van der Waals surface area contributed by atoms with Crippen LogP contribution in [0.4, 0.5) is 4.79 Å². The first-order valence-electron chi connectivity index (χ1n) is 10.0. The summed E-state index contributed by atoms with van der Waals surface area (Å²) in [6.45, 7) is 6.87. The van der Waals surface area contributed by atoms with E-state index in [1.165, 1.54) is 0 Å². The number of carbonyl (C=O) groups is 1. The van der Waals surface area contributed by atoms with Gasteiger partial charge in [-0.25, -0.2) is 14.3 Å². The first kappa shape index (κ1) is 20.5. The number of imidazole rings is 1. The van der Waals surface area contributed by atoms with Gasteiger partial charge in [-0.05, 0) is 45.0 Å². The molecule has 2 aromatic heterocycles. The third kappa shape index (κ3) is 4.67. The molecule has 0 bridgehead atoms. The van der Waals surface area contributed by atoms with E-state index in [9.17, 15) is 4.79 Å². The van der Waals surface area contributed by atoms with Crippen molar-refractivity contribution in [2.75, 3.05) is 13.1 Å². The van der Waals surface area contributed by atoms with Crippen molar-refractivity contribution in [3.8, 4) is 17.0 Å². The number of rotatable bonds is 3. The Hall–Kier alpha value is -2.80. The fraction of sp³-hybridized carbons (Fsp3) is 0.409. The molecule has 3 aromatic rings. The number of amides is 1. The van der Waals surface area contributed by atoms with E-state index in [1.54, 1.807) is 21.7 Å². The van der Waals surface area contributed by atoms with Crippen LogP contribution < -0.4 is 4.74 Å². The van der Waals surface area contributed by atoms with Gasteiger partial charge in [-0.15, -0.1) is 0 Å². The smallest absolute Gasteiger partial charge is 0.410 e. The number of piperidine rings is 1. The van der Waals surface area contributed by atoms with Gasteiger partial charge in [0.15, 0.2) is 5.65 Å². The maximum Gasteiger partial charge on any atom is 0.410 e. The number of aromatic nitrogens is 3. The third-order valence-corrected chi connectivity index (χ3v) is 5.06. The highest BCUT2D eigenvalue weighted by atomic mass is 35.5. The summed E-state index contributed by atoms with van der Waals surface area (Å²) in [7, 11) is 0. The Morgan fingerprint density at radius 2 is 1.93 bits per heavy atom. The second-order valence-corrected chi connectivity index (χ2v) is 8.77. The predicted octanol–water partition coefficient (Wildman–Crippen LogP) is 4.83. The zero-order valence-corrected chi connectivity index (χ0v) is 18.1. The number of halogens is 1. The number of carbonyl (C=O) groups excluding carboxylic acids is 1. The highest BCUT2D eigenvalue weighted by Crippen LogP contribution is 2.27. The number of hydrogen-bond donors (Lipinski definition) is 0. The SMILES string of the molecule is CC(C)(C)OC(=O)N1CCC(Oc2cccc(-c3cnc4ccc(Cl)nn34)c2)CC1. The van der Waals surface area contributed by atoms with Crippen LogP contribution in [0, 0.1) is 0 Å². The lowest BCUT2D eigenvalue weighted by molar-refractivity contribution is 0.0126. The van der Waals surface area contributed by atoms with E-state index in [1.807, 2.05) is 51.1 Å². The van der Waals surface area contributed by atoms with Crippen LogP contribution in [-0.4, -0.2) is 50.4 Å². The molecule has 3 heterocycles. The number of benzene rings is 1. The number of likely N-dealkylation sites (tertiary alicyclic amines) is 1. The van der Waals surface area contributed by atoms with Crippen LogP contribution >= 0.6 is 11.6 Å². The lowest BCUT2D eigenvalue weighted by atomic mass is 10.1. The molecule has 0 radical (unpaired) electrons. The van der Waals surface area contributed by atoms with Crippen LogP contribution in [0.1, 0.15) is 33.6 Å². The number of fused-ring (bicyclic) bond motifs is 1. The molecule has 1 aromatic carbocycles. The van der Waals surface area contributed by atoms with Crippen LogP contribution in [-0.2, 0) is 4.74 Å². The van der Waals surface area contributed by atoms with Gasteiger partial charge in [0, 0.05) is 31.5 Å². The highest BCUT2D eigenvalue weighted by molar-refractivity contribution is 6.29. The Balaban J connectivity index is 1.42. The molecule has 158 valence electrons. The van der Waals surface area contributed by atoms with Gasteiger partial charge in [-0.1, -0.05) is 23.7 Å². The zero-order chi connectivity index (χ0) is 21.3. The monoisotopic (exact) mass is 428 g/mol. The van der Waals surface area contributed by atoms with Crippen molar-refractivity contribution in [3.63, 3.8) is 0 Å². The number of hydrogen-bond acceptors (Lipinski definition) is 5. The Bertz CT molecular complexity index is 1050. The molecule has 1 amide bonds. The molecule has 1 aliphatic rings. The molecule has 0 unspecified atom stereocenters. The van der Waals surface area contributed by atoms with Gasteiger partial charge in [0.2, 0.25) is 0 Å². The molecule has 7 nitrogen and oxygen atoms in total. The summed E-state index contributed by atoms with van der Waals surface area (Å²) < 4.78 is 13.4. The lowest BCUT2D eigenvalue weighted by Gasteiger charge is -2.33. The molecule has 8 heteroatoms. The van der Waals surface area contributed by atoms with Gasteiger partial charge in [-0.2, -0.15) is 5.10 Å². The average molecular weight is 429 g/mol. The second kappa shape index (κ2) is 8.14. The summed E-state index contributed by atoms with van der Waals surface area (Å²) in [6, 6.07) is 11.4. The highest BCUT2D eigenvalue weighted by Gasteiger charge is 2.27. The van der Waals surface area contributed by atoms with E-state index < -0.39 is 5.60 Å². The first-order valence-corrected chi connectivity index (χ1v) is 10.4. The van der Waals surface area contributed by atoms with Crippen LogP contribution in [0.15, 0.2) is 42.6 Å². The number of nitrogens with zero attached hydrogens (tertiary/aromatic N) is 4. The van der Waals surface area contributed by atoms with Crippen molar-refractivity contribution in [2.45, 2.75) is 45.3 Å². The first-order chi connectivity index (χ1) is 14.3. The summed E-state index contributed by atoms with van der Waals surface area (Å²) in [4.78, 5) is 18.4. The van der Waals surface area contributed by atoms with Gasteiger partial charge < -0.3 is 14.4 Å². The summed E-state index contributed by atoms with van der Waals surface area (Å²) in [5, 5.41) is 4.75. The van der Waals surface area contributed by atoms with Crippen molar-refractivity contribution in [1.82, 2.24) is 19.5 Å². The Kier molecular flexibility index (Phi) is 5.56. The van der Waals surface area contributed by atoms with Crippen molar-refractivity contribution in [1.29, 1.82) is 0 Å². The van der Waals surface area contributed by atoms with Crippen LogP contribution in [0.25, 0.3) is 16.9 Å². The average Bonchev–Trinajstić information content (AvgIpc) is 3.10. The maximum absolute atomic E-state index is 12.2. The second-order valence-electron chi connectivity index (χ2n) is 8.38. The largest absolute Gasteiger partial charge is 0.490 e. The van der Waals surface area contributed by atoms with Gasteiger partial charge in [-0.3, -0.25) is 0 Å². The topological polar surface area (TPSA) is 69.0 Å². The zero-order valence-electron chi connectivity index (χ0n) is 17.3. The molecule has 1 saturated heterocycles. The Morgan fingerprint density at radius 1 is 1.17 bits per heavy atom. The minimum atomic E-state index is -0.484. The molecule has 0 N–H and O–H groups in total. The van der Waals surface area contributed by atoms with E-state index in [0.29, 0.717) is 18.2 Å². The minimum absolute atomic E-state index is 0.0497. The Labute approximate surface area is 180 Å². The summed E-state index contributed by atoms with van der Waals surface area (Å²) in [5.74, 6) is 0.778. The molecular formula is C22H25ClN4O3. The normalized spacial score (nSPS) is 15.4. The maximum atomic E-state index is 12.2.